The molecule has 1 N–H and O–H groups in total. The molecular weight excluding hydrogens is 384 g/mol. The molecule has 30 heavy (non-hydrogen) atoms. The van der Waals surface area contributed by atoms with Gasteiger partial charge in [-0.1, -0.05) is 23.8 Å². The number of hydrogen-bond acceptors (Lipinski definition) is 6. The monoisotopic (exact) mass is 408 g/mol. The van der Waals surface area contributed by atoms with Crippen molar-refractivity contribution in [1.29, 1.82) is 5.26 Å². The highest BCUT2D eigenvalue weighted by atomic mass is 16.6. The highest BCUT2D eigenvalue weighted by molar-refractivity contribution is 6.01. The van der Waals surface area contributed by atoms with Gasteiger partial charge in [0.15, 0.2) is 18.1 Å². The number of nitrogens with one attached hydrogen (secondary N) is 1. The van der Waals surface area contributed by atoms with Gasteiger partial charge < -0.3 is 19.5 Å². The van der Waals surface area contributed by atoms with Crippen molar-refractivity contribution in [2.75, 3.05) is 13.7 Å². The van der Waals surface area contributed by atoms with Crippen LogP contribution in [0, 0.1) is 18.3 Å². The molecule has 0 unspecified atom stereocenters. The summed E-state index contributed by atoms with van der Waals surface area (Å²) in [5.41, 5.74) is 1.60. The fraction of sp³-hybridized carbons (Fsp3) is 0.261. The molecule has 2 rings (SSSR count). The smallest absolute Gasteiger partial charge is 0.349 e. The molecule has 0 saturated carbocycles. The molecule has 1 amide bonds. The van der Waals surface area contributed by atoms with E-state index in [-0.39, 0.29) is 29.7 Å². The number of nitriles is 1. The molecule has 0 aliphatic rings. The average Bonchev–Trinajstić information content (AvgIpc) is 2.71. The third kappa shape index (κ3) is 6.67. The lowest BCUT2D eigenvalue weighted by Crippen LogP contribution is -2.30. The molecule has 2 aromatic carbocycles. The number of ether oxygens (including phenoxy) is 3. The van der Waals surface area contributed by atoms with E-state index in [4.69, 9.17) is 14.2 Å². The first kappa shape index (κ1) is 22.5. The Balaban J connectivity index is 2.08. The van der Waals surface area contributed by atoms with Gasteiger partial charge in [0.25, 0.3) is 5.91 Å². The molecule has 0 aliphatic carbocycles. The first-order valence-corrected chi connectivity index (χ1v) is 9.33. The number of rotatable bonds is 8. The standard InChI is InChI=1S/C23H24N2O5/c1-15(2)25-23(27)18(13-24)11-17-7-10-20(21(12-17)28-4)30-22(26)14-29-19-8-5-16(3)6-9-19/h5-12,15H,14H2,1-4H3,(H,25,27)/b18-11+. The largest absolute Gasteiger partial charge is 0.493 e. The molecule has 2 aromatic rings. The minimum atomic E-state index is -0.591. The Kier molecular flexibility index (Phi) is 8.00. The lowest BCUT2D eigenvalue weighted by Gasteiger charge is -2.11. The van der Waals surface area contributed by atoms with Crippen LogP contribution in [0.4, 0.5) is 0 Å². The van der Waals surface area contributed by atoms with E-state index in [1.807, 2.05) is 39.0 Å². The van der Waals surface area contributed by atoms with E-state index in [0.717, 1.165) is 5.56 Å². The van der Waals surface area contributed by atoms with E-state index in [1.165, 1.54) is 19.3 Å². The second-order valence-electron chi connectivity index (χ2n) is 6.78. The number of hydrogen-bond donors (Lipinski definition) is 1. The minimum absolute atomic E-state index is 0.0398. The Morgan fingerprint density at radius 3 is 2.43 bits per heavy atom. The zero-order valence-electron chi connectivity index (χ0n) is 17.4. The minimum Gasteiger partial charge on any atom is -0.493 e. The predicted molar refractivity (Wildman–Crippen MR) is 112 cm³/mol. The third-order valence-electron chi connectivity index (χ3n) is 3.88. The zero-order valence-corrected chi connectivity index (χ0v) is 17.4. The third-order valence-corrected chi connectivity index (χ3v) is 3.88. The number of methoxy groups -OCH3 is 1. The zero-order chi connectivity index (χ0) is 22.1. The maximum Gasteiger partial charge on any atom is 0.349 e. The van der Waals surface area contributed by atoms with Gasteiger partial charge in [0.05, 0.1) is 7.11 Å². The molecule has 0 heterocycles. The van der Waals surface area contributed by atoms with Crippen LogP contribution in [-0.4, -0.2) is 31.6 Å². The molecular formula is C23H24N2O5. The van der Waals surface area contributed by atoms with Gasteiger partial charge in [-0.15, -0.1) is 0 Å². The van der Waals surface area contributed by atoms with E-state index in [9.17, 15) is 14.9 Å². The van der Waals surface area contributed by atoms with Crippen LogP contribution in [0.5, 0.6) is 17.2 Å². The van der Waals surface area contributed by atoms with Crippen LogP contribution in [0.15, 0.2) is 48.0 Å². The molecule has 0 saturated heterocycles. The van der Waals surface area contributed by atoms with Crippen LogP contribution in [-0.2, 0) is 9.59 Å². The first-order valence-electron chi connectivity index (χ1n) is 9.33. The highest BCUT2D eigenvalue weighted by Crippen LogP contribution is 2.29. The number of aryl methyl sites for hydroxylation is 1. The Labute approximate surface area is 175 Å². The van der Waals surface area contributed by atoms with Crippen LogP contribution in [0.1, 0.15) is 25.0 Å². The fourth-order valence-electron chi connectivity index (χ4n) is 2.44. The Morgan fingerprint density at radius 1 is 1.13 bits per heavy atom. The summed E-state index contributed by atoms with van der Waals surface area (Å²) in [6.07, 6.45) is 1.44. The second-order valence-corrected chi connectivity index (χ2v) is 6.78. The quantitative estimate of drug-likeness (QED) is 0.311. The fourth-order valence-corrected chi connectivity index (χ4v) is 2.44. The van der Waals surface area contributed by atoms with Gasteiger partial charge in [0.2, 0.25) is 0 Å². The number of carbonyl (C=O) groups excluding carboxylic acids is 2. The average molecular weight is 408 g/mol. The molecule has 0 aromatic heterocycles. The molecule has 0 atom stereocenters. The summed E-state index contributed by atoms with van der Waals surface area (Å²) in [4.78, 5) is 24.2. The Hall–Kier alpha value is -3.79. The molecule has 0 radical (unpaired) electrons. The molecule has 156 valence electrons. The molecule has 0 fully saturated rings. The van der Waals surface area contributed by atoms with Gasteiger partial charge in [-0.25, -0.2) is 4.79 Å². The summed E-state index contributed by atoms with van der Waals surface area (Å²) in [7, 11) is 1.43. The van der Waals surface area contributed by atoms with Crippen LogP contribution in [0.25, 0.3) is 6.08 Å². The summed E-state index contributed by atoms with van der Waals surface area (Å²) < 4.78 is 16.0. The van der Waals surface area contributed by atoms with Crippen LogP contribution in [0.2, 0.25) is 0 Å². The van der Waals surface area contributed by atoms with Crippen molar-refractivity contribution >= 4 is 18.0 Å². The van der Waals surface area contributed by atoms with Gasteiger partial charge >= 0.3 is 5.97 Å². The van der Waals surface area contributed by atoms with Gasteiger partial charge in [0.1, 0.15) is 17.4 Å². The number of esters is 1. The van der Waals surface area contributed by atoms with E-state index < -0.39 is 11.9 Å². The maximum atomic E-state index is 12.1. The Morgan fingerprint density at radius 2 is 1.83 bits per heavy atom. The lowest BCUT2D eigenvalue weighted by atomic mass is 10.1. The van der Waals surface area contributed by atoms with Crippen LogP contribution in [0.3, 0.4) is 0 Å². The normalized spacial score (nSPS) is 10.9. The SMILES string of the molecule is COc1cc(/C=C(\C#N)C(=O)NC(C)C)ccc1OC(=O)COc1ccc(C)cc1. The van der Waals surface area contributed by atoms with Crippen molar-refractivity contribution in [2.45, 2.75) is 26.8 Å². The Bertz CT molecular complexity index is 972. The van der Waals surface area contributed by atoms with Crippen molar-refractivity contribution in [1.82, 2.24) is 5.32 Å². The number of amides is 1. The number of benzene rings is 2. The van der Waals surface area contributed by atoms with Gasteiger partial charge in [-0.3, -0.25) is 4.79 Å². The van der Waals surface area contributed by atoms with Crippen molar-refractivity contribution in [3.05, 3.63) is 59.2 Å². The predicted octanol–water partition coefficient (Wildman–Crippen LogP) is 3.42. The first-order chi connectivity index (χ1) is 14.3. The number of nitrogens with zero attached hydrogens (tertiary/aromatic N) is 1. The molecule has 0 bridgehead atoms. The lowest BCUT2D eigenvalue weighted by molar-refractivity contribution is -0.136. The summed E-state index contributed by atoms with van der Waals surface area (Å²) in [5.74, 6) is 0.00131. The second kappa shape index (κ2) is 10.7. The molecule has 0 aliphatic heterocycles. The topological polar surface area (TPSA) is 97.6 Å². The van der Waals surface area contributed by atoms with Crippen molar-refractivity contribution < 1.29 is 23.8 Å². The van der Waals surface area contributed by atoms with Gasteiger partial charge in [0, 0.05) is 6.04 Å². The summed E-state index contributed by atoms with van der Waals surface area (Å²) in [6, 6.07) is 13.8. The molecule has 0 spiro atoms. The summed E-state index contributed by atoms with van der Waals surface area (Å²) in [5, 5.41) is 11.9. The van der Waals surface area contributed by atoms with Crippen molar-refractivity contribution in [3.63, 3.8) is 0 Å². The van der Waals surface area contributed by atoms with Crippen LogP contribution >= 0.6 is 0 Å². The van der Waals surface area contributed by atoms with Crippen molar-refractivity contribution in [2.24, 2.45) is 0 Å². The summed E-state index contributed by atoms with van der Waals surface area (Å²) >= 11 is 0. The van der Waals surface area contributed by atoms with Crippen molar-refractivity contribution in [3.8, 4) is 23.3 Å². The molecule has 7 nitrogen and oxygen atoms in total. The van der Waals surface area contributed by atoms with E-state index >= 15 is 0 Å². The highest BCUT2D eigenvalue weighted by Gasteiger charge is 2.14. The van der Waals surface area contributed by atoms with E-state index in [2.05, 4.69) is 5.32 Å². The van der Waals surface area contributed by atoms with Crippen LogP contribution < -0.4 is 19.5 Å². The van der Waals surface area contributed by atoms with E-state index in [0.29, 0.717) is 11.3 Å². The van der Waals surface area contributed by atoms with E-state index in [1.54, 1.807) is 24.3 Å². The summed E-state index contributed by atoms with van der Waals surface area (Å²) in [6.45, 7) is 5.31. The maximum absolute atomic E-state index is 12.1. The van der Waals surface area contributed by atoms with Gasteiger partial charge in [-0.05, 0) is 56.7 Å². The molecule has 7 heteroatoms. The van der Waals surface area contributed by atoms with Gasteiger partial charge in [-0.2, -0.15) is 5.26 Å². The number of carbonyl (C=O) groups is 2.